The number of hydrogen-bond acceptors (Lipinski definition) is 6. The van der Waals surface area contributed by atoms with Gasteiger partial charge in [0.2, 0.25) is 5.91 Å². The highest BCUT2D eigenvalue weighted by Gasteiger charge is 2.25. The molecule has 0 saturated heterocycles. The standard InChI is InChI=1S/C19H16N4O2S2/c24-18-12-26-16-4-2-1-3-15(16)23(18)10-17-22-14(11-27-17)19(25)21-9-13-5-7-20-8-6-13/h1-8,11H,9-10,12H2,(H,21,25). The van der Waals surface area contributed by atoms with Crippen LogP contribution in [-0.4, -0.2) is 27.5 Å². The molecule has 1 aromatic carbocycles. The average molecular weight is 396 g/mol. The first-order valence-electron chi connectivity index (χ1n) is 8.34. The molecular formula is C19H16N4O2S2. The number of benzene rings is 1. The van der Waals surface area contributed by atoms with Gasteiger partial charge in [-0.2, -0.15) is 0 Å². The Morgan fingerprint density at radius 1 is 1.19 bits per heavy atom. The maximum absolute atomic E-state index is 12.4. The molecule has 0 saturated carbocycles. The van der Waals surface area contributed by atoms with Gasteiger partial charge in [-0.25, -0.2) is 4.98 Å². The number of nitrogens with one attached hydrogen (secondary N) is 1. The summed E-state index contributed by atoms with van der Waals surface area (Å²) in [4.78, 5) is 35.9. The molecule has 0 bridgehead atoms. The number of rotatable bonds is 5. The fourth-order valence-electron chi connectivity index (χ4n) is 2.72. The zero-order valence-corrected chi connectivity index (χ0v) is 15.9. The highest BCUT2D eigenvalue weighted by Crippen LogP contribution is 2.35. The van der Waals surface area contributed by atoms with Gasteiger partial charge in [0.05, 0.1) is 18.0 Å². The number of nitrogens with zero attached hydrogens (tertiary/aromatic N) is 3. The van der Waals surface area contributed by atoms with Crippen LogP contribution in [0.1, 0.15) is 21.1 Å². The van der Waals surface area contributed by atoms with Crippen molar-refractivity contribution < 1.29 is 9.59 Å². The summed E-state index contributed by atoms with van der Waals surface area (Å²) < 4.78 is 0. The van der Waals surface area contributed by atoms with E-state index in [9.17, 15) is 9.59 Å². The summed E-state index contributed by atoms with van der Waals surface area (Å²) in [6.07, 6.45) is 3.38. The van der Waals surface area contributed by atoms with Gasteiger partial charge in [-0.3, -0.25) is 14.6 Å². The average Bonchev–Trinajstić information content (AvgIpc) is 3.18. The Kier molecular flexibility index (Phi) is 5.17. The summed E-state index contributed by atoms with van der Waals surface area (Å²) in [5.41, 5.74) is 2.25. The number of carbonyl (C=O) groups excluding carboxylic acids is 2. The third-order valence-corrected chi connectivity index (χ3v) is 5.97. The Bertz CT molecular complexity index is 975. The molecule has 27 heavy (non-hydrogen) atoms. The number of pyridine rings is 1. The van der Waals surface area contributed by atoms with Crippen LogP contribution in [0.5, 0.6) is 0 Å². The van der Waals surface area contributed by atoms with Gasteiger partial charge in [0.25, 0.3) is 5.91 Å². The Morgan fingerprint density at radius 2 is 2.00 bits per heavy atom. The topological polar surface area (TPSA) is 75.2 Å². The molecule has 0 aliphatic carbocycles. The van der Waals surface area contributed by atoms with Gasteiger partial charge in [0.15, 0.2) is 0 Å². The third-order valence-electron chi connectivity index (χ3n) is 4.09. The van der Waals surface area contributed by atoms with Crippen molar-refractivity contribution in [3.63, 3.8) is 0 Å². The van der Waals surface area contributed by atoms with Gasteiger partial charge < -0.3 is 10.2 Å². The summed E-state index contributed by atoms with van der Waals surface area (Å²) >= 11 is 2.94. The number of thiazole rings is 1. The Balaban J connectivity index is 1.44. The number of fused-ring (bicyclic) bond motifs is 1. The van der Waals surface area contributed by atoms with Crippen LogP contribution in [0.4, 0.5) is 5.69 Å². The molecule has 2 aromatic heterocycles. The fraction of sp³-hybridized carbons (Fsp3) is 0.158. The molecule has 0 spiro atoms. The number of hydrogen-bond donors (Lipinski definition) is 1. The first-order valence-corrected chi connectivity index (χ1v) is 10.2. The second-order valence-electron chi connectivity index (χ2n) is 5.90. The normalized spacial score (nSPS) is 13.3. The van der Waals surface area contributed by atoms with Gasteiger partial charge in [-0.15, -0.1) is 23.1 Å². The first-order chi connectivity index (χ1) is 13.2. The lowest BCUT2D eigenvalue weighted by molar-refractivity contribution is -0.116. The zero-order chi connectivity index (χ0) is 18.6. The van der Waals surface area contributed by atoms with E-state index in [-0.39, 0.29) is 11.8 Å². The van der Waals surface area contributed by atoms with Crippen LogP contribution in [0.15, 0.2) is 59.1 Å². The Morgan fingerprint density at radius 3 is 2.85 bits per heavy atom. The van der Waals surface area contributed by atoms with E-state index in [2.05, 4.69) is 15.3 Å². The van der Waals surface area contributed by atoms with Crippen molar-refractivity contribution in [3.05, 3.63) is 70.4 Å². The maximum Gasteiger partial charge on any atom is 0.271 e. The van der Waals surface area contributed by atoms with Crippen LogP contribution in [0.3, 0.4) is 0 Å². The SMILES string of the molecule is O=C(NCc1ccncc1)c1csc(CN2C(=O)CSc3ccccc32)n1. The number of anilines is 1. The minimum absolute atomic E-state index is 0.0533. The van der Waals surface area contributed by atoms with Gasteiger partial charge in [-0.05, 0) is 29.8 Å². The molecule has 6 nitrogen and oxygen atoms in total. The Hall–Kier alpha value is -2.71. The molecule has 0 fully saturated rings. The lowest BCUT2D eigenvalue weighted by Crippen LogP contribution is -2.34. The molecule has 1 N–H and O–H groups in total. The van der Waals surface area contributed by atoms with Gasteiger partial charge in [-0.1, -0.05) is 12.1 Å². The summed E-state index contributed by atoms with van der Waals surface area (Å²) in [6.45, 7) is 0.794. The predicted octanol–water partition coefficient (Wildman–Crippen LogP) is 3.11. The van der Waals surface area contributed by atoms with E-state index in [1.165, 1.54) is 11.3 Å². The highest BCUT2D eigenvalue weighted by molar-refractivity contribution is 8.00. The van der Waals surface area contributed by atoms with Crippen LogP contribution in [-0.2, 0) is 17.9 Å². The van der Waals surface area contributed by atoms with Crippen LogP contribution >= 0.6 is 23.1 Å². The van der Waals surface area contributed by atoms with Gasteiger partial charge >= 0.3 is 0 Å². The molecule has 0 atom stereocenters. The van der Waals surface area contributed by atoms with E-state index in [4.69, 9.17) is 0 Å². The second kappa shape index (κ2) is 7.89. The molecule has 8 heteroatoms. The lowest BCUT2D eigenvalue weighted by atomic mass is 10.2. The number of thioether (sulfide) groups is 1. The lowest BCUT2D eigenvalue weighted by Gasteiger charge is -2.28. The number of aromatic nitrogens is 2. The van der Waals surface area contributed by atoms with E-state index in [0.29, 0.717) is 24.5 Å². The van der Waals surface area contributed by atoms with Crippen molar-refractivity contribution >= 4 is 40.6 Å². The van der Waals surface area contributed by atoms with Crippen molar-refractivity contribution in [1.29, 1.82) is 0 Å². The molecule has 136 valence electrons. The molecule has 3 aromatic rings. The molecule has 4 rings (SSSR count). The molecule has 1 aliphatic heterocycles. The van der Waals surface area contributed by atoms with E-state index >= 15 is 0 Å². The summed E-state index contributed by atoms with van der Waals surface area (Å²) in [7, 11) is 0. The Labute approximate surface area is 164 Å². The molecule has 2 amide bonds. The van der Waals surface area contributed by atoms with E-state index in [1.807, 2.05) is 36.4 Å². The van der Waals surface area contributed by atoms with Crippen LogP contribution in [0.2, 0.25) is 0 Å². The fourth-order valence-corrected chi connectivity index (χ4v) is 4.42. The monoisotopic (exact) mass is 396 g/mol. The van der Waals surface area contributed by atoms with Crippen molar-refractivity contribution in [2.24, 2.45) is 0 Å². The second-order valence-corrected chi connectivity index (χ2v) is 7.86. The highest BCUT2D eigenvalue weighted by atomic mass is 32.2. The maximum atomic E-state index is 12.4. The van der Waals surface area contributed by atoms with Gasteiger partial charge in [0.1, 0.15) is 10.7 Å². The summed E-state index contributed by atoms with van der Waals surface area (Å²) in [5.74, 6) is 0.245. The van der Waals surface area contributed by atoms with Crippen molar-refractivity contribution in [3.8, 4) is 0 Å². The van der Waals surface area contributed by atoms with Crippen LogP contribution < -0.4 is 10.2 Å². The predicted molar refractivity (Wildman–Crippen MR) is 106 cm³/mol. The van der Waals surface area contributed by atoms with Crippen molar-refractivity contribution in [2.45, 2.75) is 18.0 Å². The largest absolute Gasteiger partial charge is 0.347 e. The number of carbonyl (C=O) groups is 2. The summed E-state index contributed by atoms with van der Waals surface area (Å²) in [5, 5.41) is 5.31. The molecule has 0 unspecified atom stereocenters. The summed E-state index contributed by atoms with van der Waals surface area (Å²) in [6, 6.07) is 11.5. The smallest absolute Gasteiger partial charge is 0.271 e. The van der Waals surface area contributed by atoms with E-state index < -0.39 is 0 Å². The molecule has 1 aliphatic rings. The number of amides is 2. The number of para-hydroxylation sites is 1. The molecular weight excluding hydrogens is 380 g/mol. The minimum atomic E-state index is -0.227. The van der Waals surface area contributed by atoms with Crippen molar-refractivity contribution in [2.75, 3.05) is 10.7 Å². The van der Waals surface area contributed by atoms with Gasteiger partial charge in [0, 0.05) is 29.2 Å². The van der Waals surface area contributed by atoms with Crippen LogP contribution in [0.25, 0.3) is 0 Å². The van der Waals surface area contributed by atoms with E-state index in [1.54, 1.807) is 34.4 Å². The van der Waals surface area contributed by atoms with Crippen LogP contribution in [0, 0.1) is 0 Å². The minimum Gasteiger partial charge on any atom is -0.347 e. The molecule has 0 radical (unpaired) electrons. The first kappa shape index (κ1) is 17.7. The quantitative estimate of drug-likeness (QED) is 0.717. The van der Waals surface area contributed by atoms with Crippen molar-refractivity contribution in [1.82, 2.24) is 15.3 Å². The molecule has 3 heterocycles. The van der Waals surface area contributed by atoms with E-state index in [0.717, 1.165) is 21.2 Å². The third kappa shape index (κ3) is 4.01. The zero-order valence-electron chi connectivity index (χ0n) is 14.3.